The highest BCUT2D eigenvalue weighted by Gasteiger charge is 2.31. The second-order valence-corrected chi connectivity index (χ2v) is 7.59. The van der Waals surface area contributed by atoms with E-state index in [-0.39, 0.29) is 0 Å². The van der Waals surface area contributed by atoms with Gasteiger partial charge in [-0.1, -0.05) is 0 Å². The number of hydrogen-bond donors (Lipinski definition) is 0. The molecule has 7 heteroatoms. The normalized spacial score (nSPS) is 19.2. The highest BCUT2D eigenvalue weighted by atomic mass is 32.2. The fraction of sp³-hybridized carbons (Fsp3) is 0.571. The molecule has 1 aromatic carbocycles. The van der Waals surface area contributed by atoms with Gasteiger partial charge in [-0.3, -0.25) is 4.31 Å². The van der Waals surface area contributed by atoms with Crippen LogP contribution in [0.2, 0.25) is 0 Å². The van der Waals surface area contributed by atoms with Gasteiger partial charge in [-0.2, -0.15) is 12.7 Å². The van der Waals surface area contributed by atoms with E-state index in [0.717, 1.165) is 49.7 Å². The van der Waals surface area contributed by atoms with Gasteiger partial charge in [-0.05, 0) is 30.2 Å². The van der Waals surface area contributed by atoms with Crippen LogP contribution in [-0.4, -0.2) is 59.7 Å². The van der Waals surface area contributed by atoms with Gasteiger partial charge in [0.15, 0.2) is 0 Å². The number of rotatable bonds is 3. The second-order valence-electron chi connectivity index (χ2n) is 5.52. The monoisotopic (exact) mass is 311 g/mol. The van der Waals surface area contributed by atoms with E-state index in [9.17, 15) is 8.42 Å². The zero-order chi connectivity index (χ0) is 15.0. The summed E-state index contributed by atoms with van der Waals surface area (Å²) in [5.41, 5.74) is 3.06. The van der Waals surface area contributed by atoms with Gasteiger partial charge in [-0.15, -0.1) is 0 Å². The van der Waals surface area contributed by atoms with Crippen molar-refractivity contribution in [1.29, 1.82) is 0 Å². The van der Waals surface area contributed by atoms with Crippen LogP contribution in [0, 0.1) is 0 Å². The average molecular weight is 311 g/mol. The van der Waals surface area contributed by atoms with Crippen LogP contribution in [0.1, 0.15) is 5.56 Å². The van der Waals surface area contributed by atoms with E-state index < -0.39 is 10.2 Å². The number of nitrogens with zero attached hydrogens (tertiary/aromatic N) is 3. The Morgan fingerprint density at radius 3 is 2.52 bits per heavy atom. The number of benzene rings is 1. The first kappa shape index (κ1) is 14.6. The number of morpholine rings is 1. The number of ether oxygens (including phenoxy) is 1. The molecule has 0 saturated carbocycles. The van der Waals surface area contributed by atoms with Crippen LogP contribution in [0.4, 0.5) is 11.4 Å². The van der Waals surface area contributed by atoms with Crippen molar-refractivity contribution in [2.75, 3.05) is 56.1 Å². The Morgan fingerprint density at radius 2 is 1.86 bits per heavy atom. The highest BCUT2D eigenvalue weighted by Crippen LogP contribution is 2.34. The van der Waals surface area contributed by atoms with Crippen molar-refractivity contribution in [2.45, 2.75) is 6.42 Å². The van der Waals surface area contributed by atoms with Crippen molar-refractivity contribution in [3.8, 4) is 0 Å². The van der Waals surface area contributed by atoms with Gasteiger partial charge in [-0.25, -0.2) is 0 Å². The van der Waals surface area contributed by atoms with Crippen molar-refractivity contribution < 1.29 is 13.2 Å². The third-order valence-corrected chi connectivity index (χ3v) is 5.89. The van der Waals surface area contributed by atoms with Crippen molar-refractivity contribution in [2.24, 2.45) is 0 Å². The Kier molecular flexibility index (Phi) is 3.81. The second kappa shape index (κ2) is 5.47. The predicted molar refractivity (Wildman–Crippen MR) is 83.1 cm³/mol. The smallest absolute Gasteiger partial charge is 0.303 e. The Labute approximate surface area is 126 Å². The molecule has 0 spiro atoms. The zero-order valence-corrected chi connectivity index (χ0v) is 13.3. The molecule has 2 heterocycles. The number of fused-ring (bicyclic) bond motifs is 1. The molecule has 6 nitrogen and oxygen atoms in total. The van der Waals surface area contributed by atoms with Crippen molar-refractivity contribution >= 4 is 21.6 Å². The topological polar surface area (TPSA) is 53.1 Å². The Balaban J connectivity index is 1.88. The predicted octanol–water partition coefficient (Wildman–Crippen LogP) is 0.692. The zero-order valence-electron chi connectivity index (χ0n) is 12.4. The maximum Gasteiger partial charge on any atom is 0.303 e. The van der Waals surface area contributed by atoms with Crippen molar-refractivity contribution in [3.05, 3.63) is 23.8 Å². The standard InChI is InChI=1S/C14H21N3O3S/c1-15(2)21(18,19)17-6-5-12-11-13(3-4-14(12)17)16-7-9-20-10-8-16/h3-4,11H,5-10H2,1-2H3. The van der Waals surface area contributed by atoms with E-state index in [0.29, 0.717) is 6.54 Å². The minimum absolute atomic E-state index is 0.516. The molecule has 3 rings (SSSR count). The number of hydrogen-bond acceptors (Lipinski definition) is 4. The van der Waals surface area contributed by atoms with Crippen LogP contribution in [0.25, 0.3) is 0 Å². The van der Waals surface area contributed by atoms with Gasteiger partial charge in [0.25, 0.3) is 0 Å². The fourth-order valence-corrected chi connectivity index (χ4v) is 3.96. The molecule has 1 saturated heterocycles. The van der Waals surface area contributed by atoms with E-state index >= 15 is 0 Å². The molecule has 1 aromatic rings. The lowest BCUT2D eigenvalue weighted by Crippen LogP contribution is -2.39. The molecular formula is C14H21N3O3S. The van der Waals surface area contributed by atoms with E-state index in [1.54, 1.807) is 14.1 Å². The van der Waals surface area contributed by atoms with E-state index in [1.165, 1.54) is 8.61 Å². The Morgan fingerprint density at radius 1 is 1.14 bits per heavy atom. The molecule has 0 unspecified atom stereocenters. The molecule has 116 valence electrons. The molecule has 1 fully saturated rings. The molecule has 2 aliphatic rings. The summed E-state index contributed by atoms with van der Waals surface area (Å²) in [5, 5.41) is 0. The molecular weight excluding hydrogens is 290 g/mol. The Hall–Kier alpha value is -1.31. The summed E-state index contributed by atoms with van der Waals surface area (Å²) in [5.74, 6) is 0. The maximum absolute atomic E-state index is 12.3. The van der Waals surface area contributed by atoms with Gasteiger partial charge in [0.05, 0.1) is 18.9 Å². The van der Waals surface area contributed by atoms with E-state index in [2.05, 4.69) is 11.0 Å². The Bertz CT molecular complexity index is 624. The molecule has 0 amide bonds. The van der Waals surface area contributed by atoms with Gasteiger partial charge in [0.2, 0.25) is 0 Å². The summed E-state index contributed by atoms with van der Waals surface area (Å²) < 4.78 is 32.7. The minimum Gasteiger partial charge on any atom is -0.378 e. The lowest BCUT2D eigenvalue weighted by Gasteiger charge is -2.29. The van der Waals surface area contributed by atoms with Gasteiger partial charge in [0.1, 0.15) is 0 Å². The molecule has 0 atom stereocenters. The van der Waals surface area contributed by atoms with Crippen LogP contribution in [0.3, 0.4) is 0 Å². The largest absolute Gasteiger partial charge is 0.378 e. The third-order valence-electron chi connectivity index (χ3n) is 4.03. The lowest BCUT2D eigenvalue weighted by atomic mass is 10.1. The fourth-order valence-electron chi connectivity index (χ4n) is 2.81. The maximum atomic E-state index is 12.3. The molecule has 0 aliphatic carbocycles. The van der Waals surface area contributed by atoms with E-state index in [4.69, 9.17) is 4.74 Å². The third kappa shape index (κ3) is 2.61. The molecule has 0 N–H and O–H groups in total. The molecule has 2 aliphatic heterocycles. The van der Waals surface area contributed by atoms with Crippen molar-refractivity contribution in [1.82, 2.24) is 4.31 Å². The SMILES string of the molecule is CN(C)S(=O)(=O)N1CCc2cc(N3CCOCC3)ccc21. The summed E-state index contributed by atoms with van der Waals surface area (Å²) >= 11 is 0. The molecule has 0 radical (unpaired) electrons. The highest BCUT2D eigenvalue weighted by molar-refractivity contribution is 7.90. The molecule has 0 aromatic heterocycles. The van der Waals surface area contributed by atoms with Crippen LogP contribution < -0.4 is 9.21 Å². The molecule has 0 bridgehead atoms. The van der Waals surface area contributed by atoms with Gasteiger partial charge in [0, 0.05) is 39.4 Å². The summed E-state index contributed by atoms with van der Waals surface area (Å²) in [6, 6.07) is 6.05. The first-order valence-corrected chi connectivity index (χ1v) is 8.55. The number of anilines is 2. The summed E-state index contributed by atoms with van der Waals surface area (Å²) in [4.78, 5) is 2.28. The van der Waals surface area contributed by atoms with Gasteiger partial charge >= 0.3 is 10.2 Å². The first-order chi connectivity index (χ1) is 10.00. The molecule has 21 heavy (non-hydrogen) atoms. The van der Waals surface area contributed by atoms with Crippen LogP contribution in [-0.2, 0) is 21.4 Å². The lowest BCUT2D eigenvalue weighted by molar-refractivity contribution is 0.122. The van der Waals surface area contributed by atoms with E-state index in [1.807, 2.05) is 12.1 Å². The quantitative estimate of drug-likeness (QED) is 0.824. The van der Waals surface area contributed by atoms with Crippen LogP contribution in [0.5, 0.6) is 0 Å². The summed E-state index contributed by atoms with van der Waals surface area (Å²) in [7, 11) is -0.265. The van der Waals surface area contributed by atoms with Crippen molar-refractivity contribution in [3.63, 3.8) is 0 Å². The average Bonchev–Trinajstić information content (AvgIpc) is 2.91. The minimum atomic E-state index is -3.39. The van der Waals surface area contributed by atoms with Crippen LogP contribution >= 0.6 is 0 Å². The van der Waals surface area contributed by atoms with Gasteiger partial charge < -0.3 is 9.64 Å². The first-order valence-electron chi connectivity index (χ1n) is 7.16. The summed E-state index contributed by atoms with van der Waals surface area (Å²) in [6.07, 6.45) is 0.764. The summed E-state index contributed by atoms with van der Waals surface area (Å²) in [6.45, 7) is 3.79. The van der Waals surface area contributed by atoms with Crippen LogP contribution in [0.15, 0.2) is 18.2 Å².